The average Bonchev–Trinajstić information content (AvgIpc) is 2.53. The summed E-state index contributed by atoms with van der Waals surface area (Å²) in [5.41, 5.74) is 0.964. The van der Waals surface area contributed by atoms with E-state index in [0.717, 1.165) is 31.5 Å². The predicted molar refractivity (Wildman–Crippen MR) is 93.0 cm³/mol. The molecule has 4 heteroatoms. The molecule has 128 valence electrons. The fourth-order valence-electron chi connectivity index (χ4n) is 3.07. The lowest BCUT2D eigenvalue weighted by molar-refractivity contribution is -0.138. The van der Waals surface area contributed by atoms with Crippen molar-refractivity contribution in [1.29, 1.82) is 0 Å². The molecule has 1 aliphatic rings. The minimum absolute atomic E-state index is 0.184. The number of piperidine rings is 1. The van der Waals surface area contributed by atoms with Gasteiger partial charge >= 0.3 is 0 Å². The van der Waals surface area contributed by atoms with Crippen LogP contribution >= 0.6 is 0 Å². The number of likely N-dealkylation sites (tertiary alicyclic amines) is 1. The van der Waals surface area contributed by atoms with E-state index in [9.17, 15) is 9.90 Å². The zero-order valence-corrected chi connectivity index (χ0v) is 14.7. The van der Waals surface area contributed by atoms with Gasteiger partial charge in [0.15, 0.2) is 0 Å². The molecule has 1 fully saturated rings. The summed E-state index contributed by atoms with van der Waals surface area (Å²) < 4.78 is 0. The Labute approximate surface area is 140 Å². The highest BCUT2D eigenvalue weighted by molar-refractivity contribution is 5.79. The first-order valence-electron chi connectivity index (χ1n) is 8.58. The minimum Gasteiger partial charge on any atom is -0.396 e. The maximum Gasteiger partial charge on any atom is 0.237 e. The molecule has 0 unspecified atom stereocenters. The molecule has 0 radical (unpaired) electrons. The summed E-state index contributed by atoms with van der Waals surface area (Å²) in [5, 5.41) is 9.22. The van der Waals surface area contributed by atoms with Crippen LogP contribution in [0.1, 0.15) is 39.2 Å². The van der Waals surface area contributed by atoms with Gasteiger partial charge < -0.3 is 10.0 Å². The lowest BCUT2D eigenvalue weighted by Crippen LogP contribution is -2.50. The fourth-order valence-corrected chi connectivity index (χ4v) is 3.07. The van der Waals surface area contributed by atoms with Crippen molar-refractivity contribution in [3.8, 4) is 0 Å². The molecule has 0 aliphatic carbocycles. The summed E-state index contributed by atoms with van der Waals surface area (Å²) in [6.07, 6.45) is 1.97. The third-order valence-corrected chi connectivity index (χ3v) is 4.62. The third-order valence-electron chi connectivity index (χ3n) is 4.62. The molecule has 1 saturated heterocycles. The van der Waals surface area contributed by atoms with Crippen molar-refractivity contribution in [2.75, 3.05) is 26.2 Å². The van der Waals surface area contributed by atoms with E-state index >= 15 is 0 Å². The third kappa shape index (κ3) is 5.33. The molecule has 1 aromatic rings. The monoisotopic (exact) mass is 318 g/mol. The maximum absolute atomic E-state index is 12.8. The molecule has 0 saturated carbocycles. The van der Waals surface area contributed by atoms with Crippen molar-refractivity contribution < 1.29 is 9.90 Å². The van der Waals surface area contributed by atoms with Crippen molar-refractivity contribution in [3.63, 3.8) is 0 Å². The van der Waals surface area contributed by atoms with Crippen LogP contribution < -0.4 is 0 Å². The number of aliphatic hydroxyl groups is 1. The Kier molecular flexibility index (Phi) is 6.19. The molecule has 1 amide bonds. The number of aliphatic hydroxyl groups excluding tert-OH is 1. The van der Waals surface area contributed by atoms with Crippen molar-refractivity contribution >= 4 is 5.91 Å². The van der Waals surface area contributed by atoms with E-state index in [1.165, 1.54) is 0 Å². The molecule has 1 heterocycles. The summed E-state index contributed by atoms with van der Waals surface area (Å²) in [7, 11) is 0. The van der Waals surface area contributed by atoms with Gasteiger partial charge in [0, 0.05) is 18.7 Å². The van der Waals surface area contributed by atoms with Crippen molar-refractivity contribution in [2.45, 2.75) is 45.7 Å². The molecule has 0 atom stereocenters. The van der Waals surface area contributed by atoms with Crippen molar-refractivity contribution in [2.24, 2.45) is 5.92 Å². The van der Waals surface area contributed by atoms with Crippen molar-refractivity contribution in [1.82, 2.24) is 9.80 Å². The van der Waals surface area contributed by atoms with Gasteiger partial charge in [-0.25, -0.2) is 0 Å². The molecule has 0 bridgehead atoms. The summed E-state index contributed by atoms with van der Waals surface area (Å²) in [6, 6.07) is 10.2. The van der Waals surface area contributed by atoms with Crippen LogP contribution in [0, 0.1) is 5.92 Å². The Morgan fingerprint density at radius 2 is 1.83 bits per heavy atom. The molecular weight excluding hydrogens is 288 g/mol. The van der Waals surface area contributed by atoms with Gasteiger partial charge in [0.05, 0.1) is 6.54 Å². The summed E-state index contributed by atoms with van der Waals surface area (Å²) in [6.45, 7) is 9.46. The van der Waals surface area contributed by atoms with Gasteiger partial charge in [0.1, 0.15) is 0 Å². The van der Waals surface area contributed by atoms with E-state index in [2.05, 4.69) is 37.8 Å². The van der Waals surface area contributed by atoms with Gasteiger partial charge in [-0.15, -0.1) is 0 Å². The molecule has 2 rings (SSSR count). The predicted octanol–water partition coefficient (Wildman–Crippen LogP) is 2.52. The molecule has 1 aliphatic heterocycles. The Morgan fingerprint density at radius 3 is 2.35 bits per heavy atom. The Morgan fingerprint density at radius 1 is 1.22 bits per heavy atom. The first kappa shape index (κ1) is 18.0. The number of rotatable bonds is 5. The van der Waals surface area contributed by atoms with Gasteiger partial charge in [0.2, 0.25) is 5.91 Å². The van der Waals surface area contributed by atoms with E-state index in [0.29, 0.717) is 19.0 Å². The van der Waals surface area contributed by atoms with E-state index in [4.69, 9.17) is 0 Å². The maximum atomic E-state index is 12.8. The standard InChI is InChI=1S/C19H30N2O2/c1-19(2,3)21(13-16-7-5-4-6-8-16)18(23)14-20-11-9-17(15-22)10-12-20/h4-8,17,22H,9-15H2,1-3H3. The summed E-state index contributed by atoms with van der Waals surface area (Å²) >= 11 is 0. The Bertz CT molecular complexity index is 488. The number of carbonyl (C=O) groups excluding carboxylic acids is 1. The molecule has 4 nitrogen and oxygen atoms in total. The second-order valence-corrected chi connectivity index (χ2v) is 7.54. The zero-order valence-electron chi connectivity index (χ0n) is 14.7. The largest absolute Gasteiger partial charge is 0.396 e. The molecule has 0 aromatic heterocycles. The number of carbonyl (C=O) groups is 1. The van der Waals surface area contributed by atoms with Gasteiger partial charge in [-0.05, 0) is 58.2 Å². The number of benzene rings is 1. The molecule has 0 spiro atoms. The highest BCUT2D eigenvalue weighted by atomic mass is 16.3. The molecular formula is C19H30N2O2. The number of amides is 1. The Hall–Kier alpha value is -1.39. The van der Waals surface area contributed by atoms with Crippen LogP contribution in [0.2, 0.25) is 0 Å². The summed E-state index contributed by atoms with van der Waals surface area (Å²) in [5.74, 6) is 0.591. The second-order valence-electron chi connectivity index (χ2n) is 7.54. The first-order chi connectivity index (χ1) is 10.9. The highest BCUT2D eigenvalue weighted by Crippen LogP contribution is 2.20. The molecule has 23 heavy (non-hydrogen) atoms. The van der Waals surface area contributed by atoms with Gasteiger partial charge in [-0.3, -0.25) is 9.69 Å². The van der Waals surface area contributed by atoms with E-state index in [1.54, 1.807) is 0 Å². The van der Waals surface area contributed by atoms with E-state index in [-0.39, 0.29) is 18.1 Å². The van der Waals surface area contributed by atoms with Crippen LogP contribution in [0.15, 0.2) is 30.3 Å². The normalized spacial score (nSPS) is 17.2. The molecule has 1 aromatic carbocycles. The highest BCUT2D eigenvalue weighted by Gasteiger charge is 2.29. The van der Waals surface area contributed by atoms with Crippen LogP contribution in [0.3, 0.4) is 0 Å². The van der Waals surface area contributed by atoms with Gasteiger partial charge in [-0.2, -0.15) is 0 Å². The Balaban J connectivity index is 1.97. The quantitative estimate of drug-likeness (QED) is 0.907. The SMILES string of the molecule is CC(C)(C)N(Cc1ccccc1)C(=O)CN1CCC(CO)CC1. The second kappa shape index (κ2) is 7.93. The van der Waals surface area contributed by atoms with Crippen LogP contribution in [0.25, 0.3) is 0 Å². The average molecular weight is 318 g/mol. The fraction of sp³-hybridized carbons (Fsp3) is 0.632. The van der Waals surface area contributed by atoms with Crippen LogP contribution in [-0.4, -0.2) is 52.6 Å². The zero-order chi connectivity index (χ0) is 16.9. The smallest absolute Gasteiger partial charge is 0.237 e. The topological polar surface area (TPSA) is 43.8 Å². The van der Waals surface area contributed by atoms with Crippen molar-refractivity contribution in [3.05, 3.63) is 35.9 Å². The van der Waals surface area contributed by atoms with E-state index < -0.39 is 0 Å². The lowest BCUT2D eigenvalue weighted by Gasteiger charge is -2.38. The van der Waals surface area contributed by atoms with Crippen LogP contribution in [0.5, 0.6) is 0 Å². The minimum atomic E-state index is -0.198. The summed E-state index contributed by atoms with van der Waals surface area (Å²) in [4.78, 5) is 17.0. The first-order valence-corrected chi connectivity index (χ1v) is 8.58. The molecule has 1 N–H and O–H groups in total. The lowest BCUT2D eigenvalue weighted by atomic mass is 9.98. The number of hydrogen-bond acceptors (Lipinski definition) is 3. The van der Waals surface area contributed by atoms with E-state index in [1.807, 2.05) is 23.1 Å². The van der Waals surface area contributed by atoms with Crippen LogP contribution in [0.4, 0.5) is 0 Å². The van der Waals surface area contributed by atoms with Crippen LogP contribution in [-0.2, 0) is 11.3 Å². The number of hydrogen-bond donors (Lipinski definition) is 1. The number of nitrogens with zero attached hydrogens (tertiary/aromatic N) is 2. The van der Waals surface area contributed by atoms with Gasteiger partial charge in [-0.1, -0.05) is 30.3 Å². The van der Waals surface area contributed by atoms with Gasteiger partial charge in [0.25, 0.3) is 0 Å².